The van der Waals surface area contributed by atoms with Crippen molar-refractivity contribution in [3.8, 4) is 0 Å². The lowest BCUT2D eigenvalue weighted by molar-refractivity contribution is -0.131. The highest BCUT2D eigenvalue weighted by molar-refractivity contribution is 9.10. The van der Waals surface area contributed by atoms with Crippen LogP contribution in [0.1, 0.15) is 19.3 Å². The van der Waals surface area contributed by atoms with Gasteiger partial charge in [-0.25, -0.2) is 8.42 Å². The molecule has 0 radical (unpaired) electrons. The summed E-state index contributed by atoms with van der Waals surface area (Å²) in [5, 5.41) is 3.10. The van der Waals surface area contributed by atoms with Crippen molar-refractivity contribution in [1.29, 1.82) is 0 Å². The summed E-state index contributed by atoms with van der Waals surface area (Å²) in [6.07, 6.45) is 2.50. The van der Waals surface area contributed by atoms with E-state index in [9.17, 15) is 13.2 Å². The predicted octanol–water partition coefficient (Wildman–Crippen LogP) is 1.45. The van der Waals surface area contributed by atoms with Crippen LogP contribution in [0.3, 0.4) is 0 Å². The third kappa shape index (κ3) is 3.56. The summed E-state index contributed by atoms with van der Waals surface area (Å²) in [6.45, 7) is 0.877. The van der Waals surface area contributed by atoms with Gasteiger partial charge in [-0.15, -0.1) is 0 Å². The zero-order valence-corrected chi connectivity index (χ0v) is 13.7. The molecule has 1 fully saturated rings. The summed E-state index contributed by atoms with van der Waals surface area (Å²) in [5.41, 5.74) is 4.66. The number of carbonyl (C=O) groups excluding carboxylic acids is 1. The molecule has 0 aliphatic carbocycles. The van der Waals surface area contributed by atoms with Crippen LogP contribution in [0.25, 0.3) is 0 Å². The number of hydrogen-bond acceptors (Lipinski definition) is 6. The molecule has 8 heteroatoms. The standard InChI is InChI=1S/C13H17BrN2O4S/c14-9-4-5-12(10(15)7-9)21(18,19)13(20-8-17)11-3-1-2-6-16-11/h4-5,7-8,11,13,16H,1-3,6,15H2. The van der Waals surface area contributed by atoms with E-state index in [0.717, 1.165) is 12.8 Å². The van der Waals surface area contributed by atoms with Gasteiger partial charge in [-0.3, -0.25) is 4.79 Å². The summed E-state index contributed by atoms with van der Waals surface area (Å²) in [6, 6.07) is 4.10. The Hall–Kier alpha value is -1.12. The number of rotatable bonds is 5. The fraction of sp³-hybridized carbons (Fsp3) is 0.462. The summed E-state index contributed by atoms with van der Waals surface area (Å²) in [4.78, 5) is 10.7. The van der Waals surface area contributed by atoms with Gasteiger partial charge in [-0.05, 0) is 37.6 Å². The SMILES string of the molecule is Nc1cc(Br)ccc1S(=O)(=O)C(OC=O)C1CCCCN1. The molecule has 0 amide bonds. The molecule has 6 nitrogen and oxygen atoms in total. The van der Waals surface area contributed by atoms with Crippen LogP contribution in [0, 0.1) is 0 Å². The molecule has 0 aromatic heterocycles. The molecule has 1 aromatic carbocycles. The van der Waals surface area contributed by atoms with Crippen LogP contribution < -0.4 is 11.1 Å². The monoisotopic (exact) mass is 376 g/mol. The second-order valence-electron chi connectivity index (χ2n) is 4.88. The highest BCUT2D eigenvalue weighted by Gasteiger charge is 2.38. The van der Waals surface area contributed by atoms with Crippen molar-refractivity contribution in [1.82, 2.24) is 5.32 Å². The fourth-order valence-electron chi connectivity index (χ4n) is 2.45. The number of nitrogen functional groups attached to an aromatic ring is 1. The minimum absolute atomic E-state index is 0.0232. The quantitative estimate of drug-likeness (QED) is 0.595. The number of carbonyl (C=O) groups is 1. The van der Waals surface area contributed by atoms with Gasteiger partial charge in [-0.2, -0.15) is 0 Å². The van der Waals surface area contributed by atoms with E-state index in [1.807, 2.05) is 0 Å². The average Bonchev–Trinajstić information content (AvgIpc) is 2.45. The Balaban J connectivity index is 2.38. The van der Waals surface area contributed by atoms with Crippen molar-refractivity contribution in [3.05, 3.63) is 22.7 Å². The minimum Gasteiger partial charge on any atom is -0.446 e. The summed E-state index contributed by atoms with van der Waals surface area (Å²) < 4.78 is 31.0. The van der Waals surface area contributed by atoms with Gasteiger partial charge in [0.05, 0.1) is 16.6 Å². The molecule has 0 bridgehead atoms. The number of sulfone groups is 1. The molecule has 1 heterocycles. The van der Waals surface area contributed by atoms with Gasteiger partial charge in [-0.1, -0.05) is 22.4 Å². The molecule has 21 heavy (non-hydrogen) atoms. The number of hydrogen-bond donors (Lipinski definition) is 2. The number of anilines is 1. The van der Waals surface area contributed by atoms with E-state index in [-0.39, 0.29) is 17.1 Å². The molecule has 2 atom stereocenters. The van der Waals surface area contributed by atoms with Gasteiger partial charge in [0, 0.05) is 4.47 Å². The maximum Gasteiger partial charge on any atom is 0.294 e. The van der Waals surface area contributed by atoms with Crippen molar-refractivity contribution in [2.45, 2.75) is 35.6 Å². The molecule has 0 saturated carbocycles. The first-order chi connectivity index (χ1) is 9.96. The van der Waals surface area contributed by atoms with E-state index >= 15 is 0 Å². The lowest BCUT2D eigenvalue weighted by Crippen LogP contribution is -2.48. The highest BCUT2D eigenvalue weighted by Crippen LogP contribution is 2.29. The van der Waals surface area contributed by atoms with E-state index in [0.29, 0.717) is 17.4 Å². The molecule has 1 saturated heterocycles. The fourth-order valence-corrected chi connectivity index (χ4v) is 4.58. The highest BCUT2D eigenvalue weighted by atomic mass is 79.9. The van der Waals surface area contributed by atoms with Crippen molar-refractivity contribution in [2.75, 3.05) is 12.3 Å². The maximum atomic E-state index is 12.7. The van der Waals surface area contributed by atoms with Gasteiger partial charge in [0.15, 0.2) is 0 Å². The number of benzene rings is 1. The molecule has 1 aliphatic rings. The average molecular weight is 377 g/mol. The predicted molar refractivity (Wildman–Crippen MR) is 82.3 cm³/mol. The molecule has 2 rings (SSSR count). The third-order valence-corrected chi connectivity index (χ3v) is 5.98. The van der Waals surface area contributed by atoms with Crippen molar-refractivity contribution >= 4 is 37.9 Å². The second kappa shape index (κ2) is 6.76. The van der Waals surface area contributed by atoms with E-state index in [1.165, 1.54) is 12.1 Å². The molecule has 1 aromatic rings. The second-order valence-corrected chi connectivity index (χ2v) is 7.79. The Morgan fingerprint density at radius 3 is 2.76 bits per heavy atom. The molecule has 2 unspecified atom stereocenters. The third-order valence-electron chi connectivity index (χ3n) is 3.45. The van der Waals surface area contributed by atoms with Gasteiger partial charge in [0.2, 0.25) is 15.3 Å². The van der Waals surface area contributed by atoms with Crippen LogP contribution in [-0.4, -0.2) is 32.9 Å². The first kappa shape index (κ1) is 16.3. The van der Waals surface area contributed by atoms with Crippen LogP contribution in [0.5, 0.6) is 0 Å². The van der Waals surface area contributed by atoms with Gasteiger partial charge in [0.1, 0.15) is 0 Å². The Labute approximate surface area is 132 Å². The lowest BCUT2D eigenvalue weighted by atomic mass is 10.1. The molecule has 3 N–H and O–H groups in total. The minimum atomic E-state index is -3.87. The number of piperidine rings is 1. The Bertz CT molecular complexity index is 615. The number of halogens is 1. The van der Waals surface area contributed by atoms with Crippen LogP contribution in [0.2, 0.25) is 0 Å². The van der Waals surface area contributed by atoms with Crippen LogP contribution in [-0.2, 0) is 19.4 Å². The van der Waals surface area contributed by atoms with Crippen LogP contribution in [0.15, 0.2) is 27.6 Å². The molecule has 0 spiro atoms. The first-order valence-corrected chi connectivity index (χ1v) is 8.92. The van der Waals surface area contributed by atoms with Crippen molar-refractivity contribution in [2.24, 2.45) is 0 Å². The number of nitrogens with two attached hydrogens (primary N) is 1. The Kier molecular flexibility index (Phi) is 5.23. The number of nitrogens with one attached hydrogen (secondary N) is 1. The topological polar surface area (TPSA) is 98.5 Å². The Morgan fingerprint density at radius 1 is 1.43 bits per heavy atom. The summed E-state index contributed by atoms with van der Waals surface area (Å²) in [7, 11) is -3.87. The summed E-state index contributed by atoms with van der Waals surface area (Å²) in [5.74, 6) is 0. The molecule has 1 aliphatic heterocycles. The van der Waals surface area contributed by atoms with E-state index in [1.54, 1.807) is 6.07 Å². The molecular formula is C13H17BrN2O4S. The van der Waals surface area contributed by atoms with Gasteiger partial charge >= 0.3 is 0 Å². The zero-order chi connectivity index (χ0) is 15.5. The van der Waals surface area contributed by atoms with Crippen molar-refractivity contribution in [3.63, 3.8) is 0 Å². The molecule has 116 valence electrons. The summed E-state index contributed by atoms with van der Waals surface area (Å²) >= 11 is 3.23. The normalized spacial score (nSPS) is 20.7. The van der Waals surface area contributed by atoms with E-state index in [4.69, 9.17) is 10.5 Å². The van der Waals surface area contributed by atoms with Crippen LogP contribution >= 0.6 is 15.9 Å². The number of ether oxygens (including phenoxy) is 1. The van der Waals surface area contributed by atoms with Gasteiger partial charge < -0.3 is 15.8 Å². The van der Waals surface area contributed by atoms with Gasteiger partial charge in [0.25, 0.3) is 6.47 Å². The van der Waals surface area contributed by atoms with Crippen LogP contribution in [0.4, 0.5) is 5.69 Å². The van der Waals surface area contributed by atoms with Crippen molar-refractivity contribution < 1.29 is 17.9 Å². The van der Waals surface area contributed by atoms with E-state index in [2.05, 4.69) is 21.2 Å². The zero-order valence-electron chi connectivity index (χ0n) is 11.3. The molecular weight excluding hydrogens is 360 g/mol. The Morgan fingerprint density at radius 2 is 2.19 bits per heavy atom. The largest absolute Gasteiger partial charge is 0.446 e. The maximum absolute atomic E-state index is 12.7. The van der Waals surface area contributed by atoms with E-state index < -0.39 is 21.3 Å². The first-order valence-electron chi connectivity index (χ1n) is 6.58. The lowest BCUT2D eigenvalue weighted by Gasteiger charge is -2.29. The smallest absolute Gasteiger partial charge is 0.294 e.